The van der Waals surface area contributed by atoms with Crippen molar-refractivity contribution in [2.24, 2.45) is 0 Å². The van der Waals surface area contributed by atoms with E-state index >= 15 is 0 Å². The maximum absolute atomic E-state index is 14.1. The minimum atomic E-state index is -2.17. The van der Waals surface area contributed by atoms with Gasteiger partial charge >= 0.3 is 0 Å². The van der Waals surface area contributed by atoms with Crippen molar-refractivity contribution in [3.8, 4) is 0 Å². The van der Waals surface area contributed by atoms with E-state index in [-0.39, 0.29) is 19.0 Å². The third kappa shape index (κ3) is 4.66. The molecule has 1 fully saturated rings. The monoisotopic (exact) mass is 525 g/mol. The molecule has 0 atom stereocenters. The first-order valence-corrected chi connectivity index (χ1v) is 10.7. The molecule has 0 aliphatic carbocycles. The van der Waals surface area contributed by atoms with Crippen LogP contribution in [0, 0.1) is 29.1 Å². The van der Waals surface area contributed by atoms with Crippen LogP contribution in [0.1, 0.15) is 10.4 Å². The minimum absolute atomic E-state index is 0.0698. The molecule has 33 heavy (non-hydrogen) atoms. The van der Waals surface area contributed by atoms with E-state index in [1.165, 1.54) is 0 Å². The van der Waals surface area contributed by atoms with Gasteiger partial charge in [-0.1, -0.05) is 15.9 Å². The van der Waals surface area contributed by atoms with Crippen molar-refractivity contribution in [3.63, 3.8) is 0 Å². The lowest BCUT2D eigenvalue weighted by molar-refractivity contribution is 0.102. The van der Waals surface area contributed by atoms with Crippen LogP contribution < -0.4 is 15.1 Å². The summed E-state index contributed by atoms with van der Waals surface area (Å²) in [5, 5.41) is 2.80. The van der Waals surface area contributed by atoms with Gasteiger partial charge in [0.05, 0.1) is 0 Å². The number of nitrogens with zero attached hydrogens (tertiary/aromatic N) is 2. The zero-order valence-electron chi connectivity index (χ0n) is 17.0. The van der Waals surface area contributed by atoms with Crippen molar-refractivity contribution in [1.29, 1.82) is 0 Å². The van der Waals surface area contributed by atoms with Gasteiger partial charge < -0.3 is 15.1 Å². The van der Waals surface area contributed by atoms with Crippen LogP contribution >= 0.6 is 15.9 Å². The van der Waals surface area contributed by atoms with E-state index in [2.05, 4.69) is 21.2 Å². The molecule has 1 heterocycles. The van der Waals surface area contributed by atoms with Gasteiger partial charge in [-0.15, -0.1) is 0 Å². The molecule has 4 nitrogen and oxygen atoms in total. The molecule has 0 bridgehead atoms. The third-order valence-electron chi connectivity index (χ3n) is 5.38. The van der Waals surface area contributed by atoms with Gasteiger partial charge in [-0.05, 0) is 48.5 Å². The van der Waals surface area contributed by atoms with E-state index < -0.39 is 34.8 Å². The molecule has 3 aromatic carbocycles. The van der Waals surface area contributed by atoms with E-state index in [0.29, 0.717) is 24.3 Å². The van der Waals surface area contributed by atoms with Crippen molar-refractivity contribution in [1.82, 2.24) is 0 Å². The first-order valence-electron chi connectivity index (χ1n) is 9.94. The highest BCUT2D eigenvalue weighted by atomic mass is 79.9. The highest BCUT2D eigenvalue weighted by Crippen LogP contribution is 2.31. The minimum Gasteiger partial charge on any atom is -0.368 e. The summed E-state index contributed by atoms with van der Waals surface area (Å²) in [4.78, 5) is 15.4. The number of piperazine rings is 1. The Morgan fingerprint density at radius 1 is 0.697 bits per heavy atom. The molecule has 1 aliphatic rings. The SMILES string of the molecule is O=C(Nc1ccc(N2CCN(c3c(F)c(F)c(F)c(F)c3F)CC2)cc1)c1ccc(Br)cc1. The number of halogens is 6. The summed E-state index contributed by atoms with van der Waals surface area (Å²) in [5.41, 5.74) is 0.990. The van der Waals surface area contributed by atoms with E-state index in [0.717, 1.165) is 15.1 Å². The average Bonchev–Trinajstić information content (AvgIpc) is 2.83. The molecule has 4 rings (SSSR count). The topological polar surface area (TPSA) is 35.6 Å². The Morgan fingerprint density at radius 2 is 1.18 bits per heavy atom. The average molecular weight is 526 g/mol. The maximum atomic E-state index is 14.1. The number of carbonyl (C=O) groups is 1. The predicted molar refractivity (Wildman–Crippen MR) is 119 cm³/mol. The van der Waals surface area contributed by atoms with Crippen LogP contribution in [0.5, 0.6) is 0 Å². The molecule has 0 saturated carbocycles. The maximum Gasteiger partial charge on any atom is 0.255 e. The summed E-state index contributed by atoms with van der Waals surface area (Å²) in [7, 11) is 0. The molecular weight excluding hydrogens is 509 g/mol. The van der Waals surface area contributed by atoms with Gasteiger partial charge in [-0.25, -0.2) is 22.0 Å². The first-order chi connectivity index (χ1) is 15.8. The van der Waals surface area contributed by atoms with E-state index in [9.17, 15) is 26.7 Å². The standard InChI is InChI=1S/C23H17BrF5N3O/c24-14-3-1-13(2-4-14)23(33)30-15-5-7-16(8-6-15)31-9-11-32(12-10-31)22-20(28)18(26)17(25)19(27)21(22)29/h1-8H,9-12H2,(H,30,33). The third-order valence-corrected chi connectivity index (χ3v) is 5.91. The Hall–Kier alpha value is -3.14. The molecule has 1 amide bonds. The number of benzene rings is 3. The van der Waals surface area contributed by atoms with E-state index in [4.69, 9.17) is 0 Å². The molecule has 1 N–H and O–H groups in total. The molecule has 0 unspecified atom stereocenters. The highest BCUT2D eigenvalue weighted by molar-refractivity contribution is 9.10. The normalized spacial score (nSPS) is 13.9. The summed E-state index contributed by atoms with van der Waals surface area (Å²) in [6.45, 7) is 0.759. The van der Waals surface area contributed by atoms with Crippen LogP contribution in [0.2, 0.25) is 0 Å². The number of hydrogen-bond donors (Lipinski definition) is 1. The van der Waals surface area contributed by atoms with Crippen molar-refractivity contribution in [2.75, 3.05) is 41.3 Å². The molecule has 1 aliphatic heterocycles. The highest BCUT2D eigenvalue weighted by Gasteiger charge is 2.30. The van der Waals surface area contributed by atoms with Gasteiger partial charge in [-0.2, -0.15) is 0 Å². The molecule has 0 aromatic heterocycles. The van der Waals surface area contributed by atoms with Crippen LogP contribution in [0.4, 0.5) is 39.0 Å². The smallest absolute Gasteiger partial charge is 0.255 e. The van der Waals surface area contributed by atoms with Crippen molar-refractivity contribution >= 4 is 38.9 Å². The lowest BCUT2D eigenvalue weighted by Gasteiger charge is -2.37. The zero-order valence-corrected chi connectivity index (χ0v) is 18.6. The molecule has 3 aromatic rings. The summed E-state index contributed by atoms with van der Waals surface area (Å²) in [6, 6.07) is 13.9. The second-order valence-corrected chi connectivity index (χ2v) is 8.32. The summed E-state index contributed by atoms with van der Waals surface area (Å²) in [6.07, 6.45) is 0. The van der Waals surface area contributed by atoms with Gasteiger partial charge in [-0.3, -0.25) is 4.79 Å². The predicted octanol–water partition coefficient (Wildman–Crippen LogP) is 5.72. The van der Waals surface area contributed by atoms with Crippen LogP contribution in [-0.2, 0) is 0 Å². The quantitative estimate of drug-likeness (QED) is 0.268. The Labute approximate surface area is 194 Å². The van der Waals surface area contributed by atoms with E-state index in [1.54, 1.807) is 48.5 Å². The molecular formula is C23H17BrF5N3O. The van der Waals surface area contributed by atoms with Gasteiger partial charge in [0.25, 0.3) is 5.91 Å². The second-order valence-electron chi connectivity index (χ2n) is 7.40. The fourth-order valence-electron chi connectivity index (χ4n) is 3.62. The number of rotatable bonds is 4. The van der Waals surface area contributed by atoms with Crippen LogP contribution in [0.15, 0.2) is 53.0 Å². The fourth-order valence-corrected chi connectivity index (χ4v) is 3.88. The number of hydrogen-bond acceptors (Lipinski definition) is 3. The Morgan fingerprint density at radius 3 is 1.73 bits per heavy atom. The van der Waals surface area contributed by atoms with Crippen LogP contribution in [-0.4, -0.2) is 32.1 Å². The number of carbonyl (C=O) groups excluding carboxylic acids is 1. The van der Waals surface area contributed by atoms with E-state index in [1.807, 2.05) is 4.90 Å². The summed E-state index contributed by atoms with van der Waals surface area (Å²) in [5.74, 6) is -9.98. The second kappa shape index (κ2) is 9.38. The Bertz CT molecular complexity index is 1150. The number of anilines is 3. The van der Waals surface area contributed by atoms with Gasteiger partial charge in [0, 0.05) is 47.6 Å². The van der Waals surface area contributed by atoms with Crippen molar-refractivity contribution in [2.45, 2.75) is 0 Å². The number of amides is 1. The first kappa shape index (κ1) is 23.0. The lowest BCUT2D eigenvalue weighted by atomic mass is 10.1. The molecule has 0 radical (unpaired) electrons. The number of nitrogens with one attached hydrogen (secondary N) is 1. The van der Waals surface area contributed by atoms with Gasteiger partial charge in [0.15, 0.2) is 23.3 Å². The largest absolute Gasteiger partial charge is 0.368 e. The van der Waals surface area contributed by atoms with Crippen LogP contribution in [0.25, 0.3) is 0 Å². The Balaban J connectivity index is 1.41. The summed E-state index contributed by atoms with van der Waals surface area (Å²) >= 11 is 3.32. The lowest BCUT2D eigenvalue weighted by Crippen LogP contribution is -2.47. The molecule has 10 heteroatoms. The Kier molecular flexibility index (Phi) is 6.55. The molecule has 172 valence electrons. The molecule has 0 spiro atoms. The van der Waals surface area contributed by atoms with Gasteiger partial charge in [0.1, 0.15) is 5.69 Å². The van der Waals surface area contributed by atoms with Crippen molar-refractivity contribution in [3.05, 3.63) is 87.7 Å². The van der Waals surface area contributed by atoms with Gasteiger partial charge in [0.2, 0.25) is 5.82 Å². The molecule has 1 saturated heterocycles. The summed E-state index contributed by atoms with van der Waals surface area (Å²) < 4.78 is 69.4. The van der Waals surface area contributed by atoms with Crippen LogP contribution in [0.3, 0.4) is 0 Å². The zero-order chi connectivity index (χ0) is 23.7. The fraction of sp³-hybridized carbons (Fsp3) is 0.174. The van der Waals surface area contributed by atoms with Crippen molar-refractivity contribution < 1.29 is 26.7 Å².